The van der Waals surface area contributed by atoms with Crippen LogP contribution in [0.4, 0.5) is 0 Å². The van der Waals surface area contributed by atoms with Gasteiger partial charge in [-0.1, -0.05) is 0 Å². The summed E-state index contributed by atoms with van der Waals surface area (Å²) < 4.78 is 28.8. The van der Waals surface area contributed by atoms with Gasteiger partial charge in [-0.25, -0.2) is 13.1 Å². The van der Waals surface area contributed by atoms with Crippen LogP contribution in [0, 0.1) is 0 Å². The minimum Gasteiger partial charge on any atom is -0.394 e. The minimum absolute atomic E-state index is 0.0855. The van der Waals surface area contributed by atoms with Crippen LogP contribution in [0.15, 0.2) is 33.2 Å². The maximum Gasteiger partial charge on any atom is 0.244 e. The molecule has 19 heavy (non-hydrogen) atoms. The van der Waals surface area contributed by atoms with E-state index < -0.39 is 10.0 Å². The third kappa shape index (κ3) is 3.86. The summed E-state index contributed by atoms with van der Waals surface area (Å²) in [6.45, 7) is 0.426. The monoisotopic (exact) mass is 365 g/mol. The van der Waals surface area contributed by atoms with Crippen molar-refractivity contribution in [1.29, 1.82) is 0 Å². The summed E-state index contributed by atoms with van der Waals surface area (Å²) in [4.78, 5) is 1.01. The molecule has 2 rings (SSSR count). The SMILES string of the molecule is O=S(=O)(NCc1cc(Br)cs1)c1cnn(CCO)c1. The van der Waals surface area contributed by atoms with Crippen LogP contribution in [0.3, 0.4) is 0 Å². The highest BCUT2D eigenvalue weighted by molar-refractivity contribution is 9.10. The first-order chi connectivity index (χ1) is 9.01. The molecule has 0 spiro atoms. The Kier molecular flexibility index (Phi) is 4.74. The summed E-state index contributed by atoms with van der Waals surface area (Å²) in [6, 6.07) is 1.86. The number of hydrogen-bond acceptors (Lipinski definition) is 5. The lowest BCUT2D eigenvalue weighted by atomic mass is 10.5. The molecule has 0 saturated carbocycles. The van der Waals surface area contributed by atoms with Crippen molar-refractivity contribution in [2.24, 2.45) is 0 Å². The van der Waals surface area contributed by atoms with Gasteiger partial charge in [0.15, 0.2) is 0 Å². The van der Waals surface area contributed by atoms with Gasteiger partial charge in [0.2, 0.25) is 10.0 Å². The number of rotatable bonds is 6. The predicted molar refractivity (Wildman–Crippen MR) is 75.4 cm³/mol. The molecule has 2 aromatic rings. The maximum atomic E-state index is 12.0. The summed E-state index contributed by atoms with van der Waals surface area (Å²) >= 11 is 4.79. The molecule has 2 heterocycles. The summed E-state index contributed by atoms with van der Waals surface area (Å²) in [6.07, 6.45) is 2.66. The molecule has 0 atom stereocenters. The van der Waals surface area contributed by atoms with E-state index in [2.05, 4.69) is 25.8 Å². The number of nitrogens with one attached hydrogen (secondary N) is 1. The second-order valence-corrected chi connectivity index (χ2v) is 7.40. The predicted octanol–water partition coefficient (Wildman–Crippen LogP) is 1.18. The molecule has 0 saturated heterocycles. The number of aliphatic hydroxyl groups excluding tert-OH is 1. The standard InChI is InChI=1S/C10H12BrN3O3S2/c11-8-3-9(18-7-8)4-13-19(16,17)10-5-12-14(6-10)1-2-15/h3,5-7,13,15H,1-2,4H2. The van der Waals surface area contributed by atoms with Gasteiger partial charge in [0, 0.05) is 27.5 Å². The molecule has 0 amide bonds. The van der Waals surface area contributed by atoms with Crippen LogP contribution in [-0.2, 0) is 23.1 Å². The Bertz CT molecular complexity index is 651. The molecule has 0 bridgehead atoms. The van der Waals surface area contributed by atoms with Crippen LogP contribution in [-0.4, -0.2) is 29.9 Å². The molecule has 9 heteroatoms. The van der Waals surface area contributed by atoms with Crippen LogP contribution in [0.1, 0.15) is 4.88 Å². The average Bonchev–Trinajstić information content (AvgIpc) is 2.97. The molecule has 0 radical (unpaired) electrons. The molecule has 0 aliphatic rings. The van der Waals surface area contributed by atoms with Gasteiger partial charge in [-0.15, -0.1) is 11.3 Å². The van der Waals surface area contributed by atoms with Crippen LogP contribution < -0.4 is 4.72 Å². The van der Waals surface area contributed by atoms with Gasteiger partial charge in [0.05, 0.1) is 19.3 Å². The van der Waals surface area contributed by atoms with Crippen molar-refractivity contribution in [2.75, 3.05) is 6.61 Å². The van der Waals surface area contributed by atoms with Crippen molar-refractivity contribution in [2.45, 2.75) is 18.0 Å². The van der Waals surface area contributed by atoms with Crippen molar-refractivity contribution in [3.63, 3.8) is 0 Å². The molecular formula is C10H12BrN3O3S2. The topological polar surface area (TPSA) is 84.2 Å². The van der Waals surface area contributed by atoms with E-state index >= 15 is 0 Å². The quantitative estimate of drug-likeness (QED) is 0.804. The third-order valence-electron chi connectivity index (χ3n) is 2.31. The fraction of sp³-hybridized carbons (Fsp3) is 0.300. The van der Waals surface area contributed by atoms with E-state index in [-0.39, 0.29) is 24.6 Å². The van der Waals surface area contributed by atoms with E-state index in [0.717, 1.165) is 9.35 Å². The van der Waals surface area contributed by atoms with Gasteiger partial charge in [0.1, 0.15) is 4.90 Å². The highest BCUT2D eigenvalue weighted by Gasteiger charge is 2.16. The minimum atomic E-state index is -3.57. The van der Waals surface area contributed by atoms with E-state index in [1.54, 1.807) is 0 Å². The summed E-state index contributed by atoms with van der Waals surface area (Å²) in [5.74, 6) is 0. The van der Waals surface area contributed by atoms with E-state index in [1.807, 2.05) is 11.4 Å². The second-order valence-electron chi connectivity index (χ2n) is 3.72. The Morgan fingerprint density at radius 3 is 2.95 bits per heavy atom. The third-order valence-corrected chi connectivity index (χ3v) is 5.36. The highest BCUT2D eigenvalue weighted by Crippen LogP contribution is 2.20. The number of aromatic nitrogens is 2. The molecule has 0 aliphatic carbocycles. The van der Waals surface area contributed by atoms with Crippen LogP contribution in [0.5, 0.6) is 0 Å². The zero-order chi connectivity index (χ0) is 13.9. The van der Waals surface area contributed by atoms with Crippen LogP contribution in [0.2, 0.25) is 0 Å². The lowest BCUT2D eigenvalue weighted by molar-refractivity contribution is 0.269. The zero-order valence-corrected chi connectivity index (χ0v) is 13.0. The number of nitrogens with zero attached hydrogens (tertiary/aromatic N) is 2. The molecular weight excluding hydrogens is 354 g/mol. The van der Waals surface area contributed by atoms with E-state index in [9.17, 15) is 8.42 Å². The fourth-order valence-corrected chi connectivity index (χ4v) is 3.84. The average molecular weight is 366 g/mol. The molecule has 6 nitrogen and oxygen atoms in total. The first kappa shape index (κ1) is 14.7. The Hall–Kier alpha value is -0.740. The van der Waals surface area contributed by atoms with Gasteiger partial charge in [0.25, 0.3) is 0 Å². The molecule has 2 N–H and O–H groups in total. The summed E-state index contributed by atoms with van der Waals surface area (Å²) in [7, 11) is -3.57. The Balaban J connectivity index is 2.04. The molecule has 0 unspecified atom stereocenters. The molecule has 104 valence electrons. The second kappa shape index (κ2) is 6.14. The first-order valence-corrected chi connectivity index (χ1v) is 8.53. The van der Waals surface area contributed by atoms with E-state index in [1.165, 1.54) is 28.4 Å². The fourth-order valence-electron chi connectivity index (χ4n) is 1.40. The molecule has 0 fully saturated rings. The van der Waals surface area contributed by atoms with Crippen LogP contribution in [0.25, 0.3) is 0 Å². The number of halogens is 1. The first-order valence-electron chi connectivity index (χ1n) is 5.37. The highest BCUT2D eigenvalue weighted by atomic mass is 79.9. The number of thiophene rings is 1. The number of hydrogen-bond donors (Lipinski definition) is 2. The number of sulfonamides is 1. The lowest BCUT2D eigenvalue weighted by Gasteiger charge is -2.02. The van der Waals surface area contributed by atoms with E-state index in [0.29, 0.717) is 0 Å². The van der Waals surface area contributed by atoms with Gasteiger partial charge < -0.3 is 5.11 Å². The summed E-state index contributed by atoms with van der Waals surface area (Å²) in [5.41, 5.74) is 0. The van der Waals surface area contributed by atoms with Gasteiger partial charge in [-0.05, 0) is 22.0 Å². The lowest BCUT2D eigenvalue weighted by Crippen LogP contribution is -2.22. The van der Waals surface area contributed by atoms with Gasteiger partial charge in [-0.3, -0.25) is 4.68 Å². The summed E-state index contributed by atoms with van der Waals surface area (Å²) in [5, 5.41) is 14.5. The molecule has 0 aliphatic heterocycles. The Morgan fingerprint density at radius 1 is 1.53 bits per heavy atom. The Morgan fingerprint density at radius 2 is 2.32 bits per heavy atom. The normalized spacial score (nSPS) is 11.9. The van der Waals surface area contributed by atoms with E-state index in [4.69, 9.17) is 5.11 Å². The number of aliphatic hydroxyl groups is 1. The van der Waals surface area contributed by atoms with Crippen molar-refractivity contribution in [3.05, 3.63) is 33.2 Å². The maximum absolute atomic E-state index is 12.0. The Labute approximate surface area is 123 Å². The largest absolute Gasteiger partial charge is 0.394 e. The molecule has 2 aromatic heterocycles. The van der Waals surface area contributed by atoms with Gasteiger partial charge in [-0.2, -0.15) is 5.10 Å². The van der Waals surface area contributed by atoms with Crippen molar-refractivity contribution in [1.82, 2.24) is 14.5 Å². The molecule has 0 aromatic carbocycles. The van der Waals surface area contributed by atoms with Gasteiger partial charge >= 0.3 is 0 Å². The van der Waals surface area contributed by atoms with Crippen LogP contribution >= 0.6 is 27.3 Å². The van der Waals surface area contributed by atoms with Crippen molar-refractivity contribution >= 4 is 37.3 Å². The zero-order valence-electron chi connectivity index (χ0n) is 9.78. The van der Waals surface area contributed by atoms with Crippen molar-refractivity contribution in [3.8, 4) is 0 Å². The smallest absolute Gasteiger partial charge is 0.244 e. The van der Waals surface area contributed by atoms with Crippen molar-refractivity contribution < 1.29 is 13.5 Å².